The van der Waals surface area contributed by atoms with E-state index in [4.69, 9.17) is 0 Å². The number of carbonyl (C=O) groups excluding carboxylic acids is 2. The molecule has 3 heterocycles. The van der Waals surface area contributed by atoms with E-state index >= 15 is 0 Å². The zero-order chi connectivity index (χ0) is 23.1. The SMILES string of the molecule is CNC(=O)n1c(C)cc2cc(Nc3ccnc4cc(C(=O)C5CCCC5CO)sc34)ccc21. The first-order chi connectivity index (χ1) is 16.0. The average Bonchev–Trinajstić information content (AvgIpc) is 3.54. The first-order valence-corrected chi connectivity index (χ1v) is 12.0. The number of anilines is 2. The standard InChI is InChI=1S/C25H26N4O3S/c1-14-10-16-11-17(6-7-21(16)29(14)25(32)26-2)28-19-8-9-27-20-12-22(33-24(19)20)23(31)18-5-3-4-15(18)13-30/h6-12,15,18,30H,3-5,13H2,1-2H3,(H,26,32)(H,27,28). The molecule has 2 unspecified atom stereocenters. The van der Waals surface area contributed by atoms with Gasteiger partial charge in [0.15, 0.2) is 5.78 Å². The van der Waals surface area contributed by atoms with E-state index < -0.39 is 0 Å². The molecule has 33 heavy (non-hydrogen) atoms. The number of rotatable bonds is 5. The van der Waals surface area contributed by atoms with Gasteiger partial charge in [-0.3, -0.25) is 14.3 Å². The summed E-state index contributed by atoms with van der Waals surface area (Å²) in [6.45, 7) is 1.97. The highest BCUT2D eigenvalue weighted by atomic mass is 32.1. The summed E-state index contributed by atoms with van der Waals surface area (Å²) in [6.07, 6.45) is 4.47. The lowest BCUT2D eigenvalue weighted by atomic mass is 9.92. The lowest BCUT2D eigenvalue weighted by Crippen LogP contribution is -2.25. The molecule has 0 radical (unpaired) electrons. The minimum absolute atomic E-state index is 0.0607. The average molecular weight is 463 g/mol. The Kier molecular flexibility index (Phi) is 5.64. The third kappa shape index (κ3) is 3.79. The number of aromatic nitrogens is 2. The second-order valence-corrected chi connectivity index (χ2v) is 9.65. The number of carbonyl (C=O) groups is 2. The molecular formula is C25H26N4O3S. The molecule has 1 saturated carbocycles. The first kappa shape index (κ1) is 21.6. The summed E-state index contributed by atoms with van der Waals surface area (Å²) in [7, 11) is 1.62. The van der Waals surface area contributed by atoms with Crippen LogP contribution in [0.3, 0.4) is 0 Å². The number of fused-ring (bicyclic) bond motifs is 2. The number of thiophene rings is 1. The Hall–Kier alpha value is -3.23. The van der Waals surface area contributed by atoms with Crippen LogP contribution in [0, 0.1) is 18.8 Å². The number of nitrogens with one attached hydrogen (secondary N) is 2. The van der Waals surface area contributed by atoms with Crippen molar-refractivity contribution in [1.82, 2.24) is 14.9 Å². The molecule has 0 spiro atoms. The number of aliphatic hydroxyl groups excluding tert-OH is 1. The Balaban J connectivity index is 1.46. The molecule has 0 aliphatic heterocycles. The lowest BCUT2D eigenvalue weighted by Gasteiger charge is -2.14. The first-order valence-electron chi connectivity index (χ1n) is 11.1. The van der Waals surface area contributed by atoms with Gasteiger partial charge in [0.1, 0.15) is 0 Å². The highest BCUT2D eigenvalue weighted by molar-refractivity contribution is 7.21. The second-order valence-electron chi connectivity index (χ2n) is 8.60. The summed E-state index contributed by atoms with van der Waals surface area (Å²) in [4.78, 5) is 30.5. The minimum atomic E-state index is -0.166. The van der Waals surface area contributed by atoms with Gasteiger partial charge in [-0.1, -0.05) is 6.42 Å². The largest absolute Gasteiger partial charge is 0.396 e. The summed E-state index contributed by atoms with van der Waals surface area (Å²) >= 11 is 1.45. The Morgan fingerprint density at radius 2 is 2.06 bits per heavy atom. The molecule has 2 atom stereocenters. The number of Topliss-reactive ketones (excluding diaryl/α,β-unsaturated/α-hetero) is 1. The van der Waals surface area contributed by atoms with E-state index in [0.29, 0.717) is 4.88 Å². The molecule has 3 N–H and O–H groups in total. The van der Waals surface area contributed by atoms with E-state index in [-0.39, 0.29) is 30.3 Å². The summed E-state index contributed by atoms with van der Waals surface area (Å²) in [5, 5.41) is 16.7. The van der Waals surface area contributed by atoms with Crippen LogP contribution in [0.25, 0.3) is 21.1 Å². The van der Waals surface area contributed by atoms with E-state index in [2.05, 4.69) is 15.6 Å². The zero-order valence-corrected chi connectivity index (χ0v) is 19.4. The topological polar surface area (TPSA) is 96.3 Å². The third-order valence-electron chi connectivity index (χ3n) is 6.57. The fourth-order valence-corrected chi connectivity index (χ4v) is 6.00. The van der Waals surface area contributed by atoms with Crippen LogP contribution in [0.2, 0.25) is 0 Å². The summed E-state index contributed by atoms with van der Waals surface area (Å²) in [5.74, 6) is 0.0768. The molecule has 4 aromatic rings. The van der Waals surface area contributed by atoms with E-state index in [1.54, 1.807) is 17.8 Å². The van der Waals surface area contributed by atoms with Crippen LogP contribution in [0.15, 0.2) is 42.6 Å². The van der Waals surface area contributed by atoms with Crippen LogP contribution in [-0.2, 0) is 0 Å². The van der Waals surface area contributed by atoms with Gasteiger partial charge in [0, 0.05) is 42.5 Å². The molecule has 3 aromatic heterocycles. The van der Waals surface area contributed by atoms with Crippen LogP contribution >= 0.6 is 11.3 Å². The zero-order valence-electron chi connectivity index (χ0n) is 18.6. The maximum Gasteiger partial charge on any atom is 0.325 e. The van der Waals surface area contributed by atoms with Crippen molar-refractivity contribution in [2.24, 2.45) is 11.8 Å². The van der Waals surface area contributed by atoms with Crippen molar-refractivity contribution in [3.8, 4) is 0 Å². The Labute approximate surface area is 195 Å². The van der Waals surface area contributed by atoms with Gasteiger partial charge < -0.3 is 15.7 Å². The van der Waals surface area contributed by atoms with Gasteiger partial charge in [-0.05, 0) is 62.1 Å². The Morgan fingerprint density at radius 3 is 2.85 bits per heavy atom. The second kappa shape index (κ2) is 8.61. The maximum atomic E-state index is 13.1. The fraction of sp³-hybridized carbons (Fsp3) is 0.320. The molecule has 1 aliphatic rings. The van der Waals surface area contributed by atoms with Gasteiger partial charge >= 0.3 is 6.03 Å². The van der Waals surface area contributed by atoms with Crippen molar-refractivity contribution in [1.29, 1.82) is 0 Å². The van der Waals surface area contributed by atoms with Crippen molar-refractivity contribution in [3.05, 3.63) is 53.2 Å². The highest BCUT2D eigenvalue weighted by Gasteiger charge is 2.33. The Bertz CT molecular complexity index is 1370. The predicted molar refractivity (Wildman–Crippen MR) is 132 cm³/mol. The molecule has 0 bridgehead atoms. The molecule has 1 fully saturated rings. The highest BCUT2D eigenvalue weighted by Crippen LogP contribution is 2.38. The minimum Gasteiger partial charge on any atom is -0.396 e. The number of aliphatic hydroxyl groups is 1. The summed E-state index contributed by atoms with van der Waals surface area (Å²) in [6, 6.07) is 11.5. The monoisotopic (exact) mass is 462 g/mol. The number of pyridine rings is 1. The maximum absolute atomic E-state index is 13.1. The molecule has 0 saturated heterocycles. The molecule has 1 amide bonds. The summed E-state index contributed by atoms with van der Waals surface area (Å²) < 4.78 is 2.59. The number of hydrogen-bond donors (Lipinski definition) is 3. The van der Waals surface area contributed by atoms with Gasteiger partial charge in [-0.15, -0.1) is 11.3 Å². The smallest absolute Gasteiger partial charge is 0.325 e. The van der Waals surface area contributed by atoms with Gasteiger partial charge in [0.25, 0.3) is 0 Å². The number of hydrogen-bond acceptors (Lipinski definition) is 6. The van der Waals surface area contributed by atoms with Crippen molar-refractivity contribution < 1.29 is 14.7 Å². The van der Waals surface area contributed by atoms with Crippen molar-refractivity contribution in [3.63, 3.8) is 0 Å². The Morgan fingerprint density at radius 1 is 1.21 bits per heavy atom. The van der Waals surface area contributed by atoms with E-state index in [0.717, 1.165) is 57.5 Å². The normalized spacial score (nSPS) is 18.2. The van der Waals surface area contributed by atoms with Gasteiger partial charge in [0.05, 0.1) is 26.3 Å². The molecule has 1 aliphatic carbocycles. The van der Waals surface area contributed by atoms with Gasteiger partial charge in [-0.25, -0.2) is 4.79 Å². The quantitative estimate of drug-likeness (QED) is 0.359. The third-order valence-corrected chi connectivity index (χ3v) is 7.74. The molecular weight excluding hydrogens is 436 g/mol. The van der Waals surface area contributed by atoms with Crippen LogP contribution in [0.5, 0.6) is 0 Å². The van der Waals surface area contributed by atoms with Crippen molar-refractivity contribution in [2.75, 3.05) is 19.0 Å². The van der Waals surface area contributed by atoms with Crippen LogP contribution in [0.1, 0.15) is 34.6 Å². The molecule has 1 aromatic carbocycles. The number of amides is 1. The van der Waals surface area contributed by atoms with Gasteiger partial charge in [0.2, 0.25) is 0 Å². The van der Waals surface area contributed by atoms with E-state index in [1.807, 2.05) is 43.3 Å². The predicted octanol–water partition coefficient (Wildman–Crippen LogP) is 5.08. The summed E-state index contributed by atoms with van der Waals surface area (Å²) in [5.41, 5.74) is 4.27. The molecule has 5 rings (SSSR count). The van der Waals surface area contributed by atoms with Gasteiger partial charge in [-0.2, -0.15) is 0 Å². The van der Waals surface area contributed by atoms with E-state index in [9.17, 15) is 14.7 Å². The van der Waals surface area contributed by atoms with E-state index in [1.165, 1.54) is 11.3 Å². The lowest BCUT2D eigenvalue weighted by molar-refractivity contribution is 0.0855. The molecule has 8 heteroatoms. The number of nitrogens with zero attached hydrogens (tertiary/aromatic N) is 2. The number of aryl methyl sites for hydroxylation is 1. The van der Waals surface area contributed by atoms with Crippen molar-refractivity contribution in [2.45, 2.75) is 26.2 Å². The van der Waals surface area contributed by atoms with Crippen LogP contribution in [0.4, 0.5) is 16.2 Å². The van der Waals surface area contributed by atoms with Crippen LogP contribution in [-0.4, -0.2) is 40.1 Å². The van der Waals surface area contributed by atoms with Crippen molar-refractivity contribution >= 4 is 55.6 Å². The fourth-order valence-electron chi connectivity index (χ4n) is 4.91. The van der Waals surface area contributed by atoms with Crippen LogP contribution < -0.4 is 10.6 Å². The number of benzene rings is 1. The molecule has 170 valence electrons. The molecule has 7 nitrogen and oxygen atoms in total. The number of ketones is 1.